The molecule has 0 aliphatic carbocycles. The molecule has 0 bridgehead atoms. The van der Waals surface area contributed by atoms with Crippen LogP contribution < -0.4 is 0 Å². The highest BCUT2D eigenvalue weighted by Crippen LogP contribution is 2.32. The number of nitrogens with zero attached hydrogens (tertiary/aromatic N) is 1. The third-order valence-corrected chi connectivity index (χ3v) is 5.27. The first kappa shape index (κ1) is 16.7. The predicted molar refractivity (Wildman–Crippen MR) is 104 cm³/mol. The normalized spacial score (nSPS) is 11.0. The van der Waals surface area contributed by atoms with Gasteiger partial charge in [0.15, 0.2) is 0 Å². The number of aromatic amines is 1. The highest BCUT2D eigenvalue weighted by atomic mass is 35.5. The van der Waals surface area contributed by atoms with Crippen LogP contribution in [-0.4, -0.2) is 21.0 Å². The van der Waals surface area contributed by atoms with Crippen LogP contribution in [0.3, 0.4) is 0 Å². The molecule has 0 unspecified atom stereocenters. The minimum atomic E-state index is -0.962. The number of benzene rings is 3. The van der Waals surface area contributed by atoms with E-state index in [1.54, 1.807) is 30.2 Å². The summed E-state index contributed by atoms with van der Waals surface area (Å²) in [5, 5.41) is 10.3. The SMILES string of the molecule is O=C(O)c1cc2[nH]cnc2cc1-c1ccc(Sc2ccc(Cl)cc2)cc1. The molecule has 26 heavy (non-hydrogen) atoms. The molecular formula is C20H13ClN2O2S. The van der Waals surface area contributed by atoms with Crippen LogP contribution in [0.15, 0.2) is 76.8 Å². The molecule has 4 rings (SSSR count). The number of aromatic nitrogens is 2. The molecule has 4 aromatic rings. The topological polar surface area (TPSA) is 66.0 Å². The molecule has 0 amide bonds. The van der Waals surface area contributed by atoms with Gasteiger partial charge in [0.2, 0.25) is 0 Å². The van der Waals surface area contributed by atoms with E-state index in [1.165, 1.54) is 0 Å². The lowest BCUT2D eigenvalue weighted by Crippen LogP contribution is -1.99. The average Bonchev–Trinajstić information content (AvgIpc) is 3.11. The number of carboxylic acid groups (broad SMARTS) is 1. The largest absolute Gasteiger partial charge is 0.478 e. The quantitative estimate of drug-likeness (QED) is 0.474. The summed E-state index contributed by atoms with van der Waals surface area (Å²) in [6, 6.07) is 18.9. The van der Waals surface area contributed by atoms with Crippen molar-refractivity contribution in [3.63, 3.8) is 0 Å². The van der Waals surface area contributed by atoms with Crippen LogP contribution in [0, 0.1) is 0 Å². The average molecular weight is 381 g/mol. The molecule has 3 aromatic carbocycles. The Morgan fingerprint density at radius 2 is 1.65 bits per heavy atom. The Kier molecular flexibility index (Phi) is 4.41. The molecule has 0 saturated heterocycles. The Labute approximate surface area is 158 Å². The first-order valence-corrected chi connectivity index (χ1v) is 9.04. The fourth-order valence-electron chi connectivity index (χ4n) is 2.74. The zero-order valence-electron chi connectivity index (χ0n) is 13.4. The lowest BCUT2D eigenvalue weighted by atomic mass is 9.99. The van der Waals surface area contributed by atoms with Gasteiger partial charge in [-0.3, -0.25) is 0 Å². The van der Waals surface area contributed by atoms with E-state index in [2.05, 4.69) is 9.97 Å². The van der Waals surface area contributed by atoms with Crippen LogP contribution in [0.5, 0.6) is 0 Å². The number of carboxylic acids is 1. The third kappa shape index (κ3) is 3.31. The second-order valence-corrected chi connectivity index (χ2v) is 7.29. The first-order valence-electron chi connectivity index (χ1n) is 7.84. The van der Waals surface area contributed by atoms with Gasteiger partial charge in [-0.1, -0.05) is 35.5 Å². The van der Waals surface area contributed by atoms with Crippen molar-refractivity contribution >= 4 is 40.4 Å². The summed E-state index contributed by atoms with van der Waals surface area (Å²) in [5.41, 5.74) is 3.19. The summed E-state index contributed by atoms with van der Waals surface area (Å²) in [7, 11) is 0. The Balaban J connectivity index is 1.68. The van der Waals surface area contributed by atoms with Gasteiger partial charge >= 0.3 is 5.97 Å². The number of hydrogen-bond acceptors (Lipinski definition) is 3. The molecule has 4 nitrogen and oxygen atoms in total. The number of halogens is 1. The van der Waals surface area contributed by atoms with Crippen molar-refractivity contribution in [1.82, 2.24) is 9.97 Å². The molecule has 0 fully saturated rings. The number of nitrogens with one attached hydrogen (secondary N) is 1. The maximum Gasteiger partial charge on any atom is 0.336 e. The second-order valence-electron chi connectivity index (χ2n) is 5.70. The predicted octanol–water partition coefficient (Wildman–Crippen LogP) is 5.73. The lowest BCUT2D eigenvalue weighted by molar-refractivity contribution is 0.0698. The minimum absolute atomic E-state index is 0.250. The number of rotatable bonds is 4. The molecule has 0 aliphatic rings. The second kappa shape index (κ2) is 6.86. The number of carbonyl (C=O) groups is 1. The van der Waals surface area contributed by atoms with E-state index in [0.29, 0.717) is 16.1 Å². The lowest BCUT2D eigenvalue weighted by Gasteiger charge is -2.08. The number of H-pyrrole nitrogens is 1. The zero-order chi connectivity index (χ0) is 18.1. The molecule has 0 saturated carbocycles. The van der Waals surface area contributed by atoms with E-state index < -0.39 is 5.97 Å². The summed E-state index contributed by atoms with van der Waals surface area (Å²) in [4.78, 5) is 21.0. The van der Waals surface area contributed by atoms with Crippen LogP contribution in [0.4, 0.5) is 0 Å². The monoisotopic (exact) mass is 380 g/mol. The fourth-order valence-corrected chi connectivity index (χ4v) is 3.68. The molecule has 2 N–H and O–H groups in total. The van der Waals surface area contributed by atoms with Gasteiger partial charge in [0, 0.05) is 14.8 Å². The maximum atomic E-state index is 11.6. The van der Waals surface area contributed by atoms with Gasteiger partial charge in [-0.15, -0.1) is 0 Å². The van der Waals surface area contributed by atoms with Crippen LogP contribution in [-0.2, 0) is 0 Å². The maximum absolute atomic E-state index is 11.6. The molecule has 128 valence electrons. The van der Waals surface area contributed by atoms with Crippen LogP contribution in [0.2, 0.25) is 5.02 Å². The molecule has 0 radical (unpaired) electrons. The van der Waals surface area contributed by atoms with Crippen molar-refractivity contribution in [3.8, 4) is 11.1 Å². The van der Waals surface area contributed by atoms with E-state index >= 15 is 0 Å². The van der Waals surface area contributed by atoms with Gasteiger partial charge in [-0.05, 0) is 59.7 Å². The van der Waals surface area contributed by atoms with Crippen molar-refractivity contribution in [1.29, 1.82) is 0 Å². The number of aromatic carboxylic acids is 1. The van der Waals surface area contributed by atoms with Crippen LogP contribution in [0.25, 0.3) is 22.2 Å². The van der Waals surface area contributed by atoms with Gasteiger partial charge in [0.05, 0.1) is 22.9 Å². The number of fused-ring (bicyclic) bond motifs is 1. The summed E-state index contributed by atoms with van der Waals surface area (Å²) in [6.07, 6.45) is 1.56. The van der Waals surface area contributed by atoms with E-state index in [0.717, 1.165) is 20.9 Å². The van der Waals surface area contributed by atoms with Crippen LogP contribution in [0.1, 0.15) is 10.4 Å². The fraction of sp³-hybridized carbons (Fsp3) is 0. The Bertz CT molecular complexity index is 1090. The summed E-state index contributed by atoms with van der Waals surface area (Å²) in [5.74, 6) is -0.962. The highest BCUT2D eigenvalue weighted by Gasteiger charge is 2.14. The van der Waals surface area contributed by atoms with E-state index in [9.17, 15) is 9.90 Å². The van der Waals surface area contributed by atoms with E-state index in [-0.39, 0.29) is 5.56 Å². The van der Waals surface area contributed by atoms with Gasteiger partial charge in [0.25, 0.3) is 0 Å². The van der Waals surface area contributed by atoms with Crippen molar-refractivity contribution in [3.05, 3.63) is 77.6 Å². The Hall–Kier alpha value is -2.76. The van der Waals surface area contributed by atoms with Gasteiger partial charge < -0.3 is 10.1 Å². The molecule has 0 spiro atoms. The molecule has 1 heterocycles. The van der Waals surface area contributed by atoms with Gasteiger partial charge in [-0.2, -0.15) is 0 Å². The zero-order valence-corrected chi connectivity index (χ0v) is 15.0. The highest BCUT2D eigenvalue weighted by molar-refractivity contribution is 7.99. The van der Waals surface area contributed by atoms with E-state index in [1.807, 2.05) is 48.5 Å². The first-order chi connectivity index (χ1) is 12.6. The molecule has 0 aliphatic heterocycles. The Morgan fingerprint density at radius 1 is 1.00 bits per heavy atom. The molecular weight excluding hydrogens is 368 g/mol. The smallest absolute Gasteiger partial charge is 0.336 e. The van der Waals surface area contributed by atoms with E-state index in [4.69, 9.17) is 11.6 Å². The molecule has 1 aromatic heterocycles. The van der Waals surface area contributed by atoms with Crippen LogP contribution >= 0.6 is 23.4 Å². The van der Waals surface area contributed by atoms with Gasteiger partial charge in [-0.25, -0.2) is 9.78 Å². The number of hydrogen-bond donors (Lipinski definition) is 2. The van der Waals surface area contributed by atoms with Crippen molar-refractivity contribution in [2.24, 2.45) is 0 Å². The Morgan fingerprint density at radius 3 is 2.31 bits per heavy atom. The van der Waals surface area contributed by atoms with Gasteiger partial charge in [0.1, 0.15) is 0 Å². The minimum Gasteiger partial charge on any atom is -0.478 e. The third-order valence-electron chi connectivity index (χ3n) is 4.00. The van der Waals surface area contributed by atoms with Crippen molar-refractivity contribution in [2.45, 2.75) is 9.79 Å². The summed E-state index contributed by atoms with van der Waals surface area (Å²) >= 11 is 7.53. The van der Waals surface area contributed by atoms with Crippen molar-refractivity contribution in [2.75, 3.05) is 0 Å². The summed E-state index contributed by atoms with van der Waals surface area (Å²) in [6.45, 7) is 0. The molecule has 0 atom stereocenters. The standard InChI is InChI=1S/C20H13ClN2O2S/c21-13-3-7-15(8-4-13)26-14-5-1-12(2-6-14)16-9-18-19(23-11-22-18)10-17(16)20(24)25/h1-11H,(H,22,23)(H,24,25). The number of imidazole rings is 1. The molecule has 6 heteroatoms. The summed E-state index contributed by atoms with van der Waals surface area (Å²) < 4.78 is 0. The van der Waals surface area contributed by atoms with Crippen molar-refractivity contribution < 1.29 is 9.90 Å².